The van der Waals surface area contributed by atoms with Gasteiger partial charge in [0.2, 0.25) is 23.6 Å². The average molecular weight is 694 g/mol. The second-order valence-electron chi connectivity index (χ2n) is 13.5. The number of nitrogens with one attached hydrogen (secondary N) is 3. The van der Waals surface area contributed by atoms with Crippen LogP contribution in [0.25, 0.3) is 0 Å². The third-order valence-electron chi connectivity index (χ3n) is 8.75. The van der Waals surface area contributed by atoms with E-state index in [4.69, 9.17) is 21.9 Å². The number of ether oxygens (including phenoxy) is 1. The standard InChI is InChI=1S/C37H55N7O6/c1-4-50-36(49)37(40)18-20-44(24-37)35(48)29(17-11-12-19-38)41-33(46)30(21-25(2)3)43-34(47)31(23-27-15-9-6-10-16-27)42-32(45)28(39)22-26-13-7-5-8-14-26/h5-10,13-16,25,28-31H,4,11-12,17-24,38-40H2,1-3H3,(H,41,46)(H,42,45)(H,43,47)/t28-,29-,30-,31-,37?/m1/s1. The predicted octanol–water partition coefficient (Wildman–Crippen LogP) is 0.922. The number of carbonyl (C=O) groups is 5. The molecular formula is C37H55N7O6. The number of nitrogens with two attached hydrogens (primary N) is 3. The van der Waals surface area contributed by atoms with Crippen LogP contribution in [0.15, 0.2) is 60.7 Å². The molecule has 274 valence electrons. The summed E-state index contributed by atoms with van der Waals surface area (Å²) in [6.07, 6.45) is 2.49. The molecule has 1 heterocycles. The van der Waals surface area contributed by atoms with Crippen LogP contribution in [0.4, 0.5) is 0 Å². The summed E-state index contributed by atoms with van der Waals surface area (Å²) in [5, 5.41) is 8.53. The van der Waals surface area contributed by atoms with Crippen LogP contribution in [0.1, 0.15) is 64.0 Å². The summed E-state index contributed by atoms with van der Waals surface area (Å²) >= 11 is 0. The lowest BCUT2D eigenvalue weighted by atomic mass is 9.99. The molecule has 3 rings (SSSR count). The maximum absolute atomic E-state index is 13.9. The van der Waals surface area contributed by atoms with Crippen molar-refractivity contribution in [1.82, 2.24) is 20.9 Å². The van der Waals surface area contributed by atoms with Gasteiger partial charge in [-0.2, -0.15) is 0 Å². The number of benzene rings is 2. The van der Waals surface area contributed by atoms with E-state index in [0.717, 1.165) is 11.1 Å². The molecule has 13 nitrogen and oxygen atoms in total. The first-order chi connectivity index (χ1) is 23.9. The summed E-state index contributed by atoms with van der Waals surface area (Å²) in [5.41, 5.74) is 18.6. The van der Waals surface area contributed by atoms with Crippen molar-refractivity contribution in [2.24, 2.45) is 23.1 Å². The molecule has 0 aromatic heterocycles. The summed E-state index contributed by atoms with van der Waals surface area (Å²) in [6.45, 7) is 6.31. The molecule has 50 heavy (non-hydrogen) atoms. The molecule has 2 aromatic rings. The van der Waals surface area contributed by atoms with Crippen molar-refractivity contribution >= 4 is 29.6 Å². The molecule has 1 unspecified atom stereocenters. The lowest BCUT2D eigenvalue weighted by molar-refractivity contribution is -0.149. The van der Waals surface area contributed by atoms with Gasteiger partial charge in [0, 0.05) is 19.5 Å². The lowest BCUT2D eigenvalue weighted by Gasteiger charge is -2.29. The topological polar surface area (TPSA) is 212 Å². The van der Waals surface area contributed by atoms with Gasteiger partial charge in [-0.15, -0.1) is 0 Å². The lowest BCUT2D eigenvalue weighted by Crippen LogP contribution is -2.59. The number of amides is 4. The van der Waals surface area contributed by atoms with E-state index < -0.39 is 53.4 Å². The van der Waals surface area contributed by atoms with Crippen molar-refractivity contribution in [2.45, 2.75) is 95.4 Å². The van der Waals surface area contributed by atoms with Gasteiger partial charge in [-0.25, -0.2) is 4.79 Å². The molecular weight excluding hydrogens is 638 g/mol. The van der Waals surface area contributed by atoms with Gasteiger partial charge >= 0.3 is 5.97 Å². The van der Waals surface area contributed by atoms with Crippen LogP contribution >= 0.6 is 0 Å². The van der Waals surface area contributed by atoms with Crippen LogP contribution < -0.4 is 33.2 Å². The van der Waals surface area contributed by atoms with Gasteiger partial charge in [0.25, 0.3) is 0 Å². The molecule has 0 radical (unpaired) electrons. The first kappa shape index (κ1) is 40.1. The molecule has 2 aromatic carbocycles. The van der Waals surface area contributed by atoms with Gasteiger partial charge in [-0.3, -0.25) is 19.2 Å². The van der Waals surface area contributed by atoms with Crippen LogP contribution in [-0.2, 0) is 41.6 Å². The van der Waals surface area contributed by atoms with E-state index in [9.17, 15) is 24.0 Å². The van der Waals surface area contributed by atoms with Crippen LogP contribution in [0.3, 0.4) is 0 Å². The molecule has 1 fully saturated rings. The average Bonchev–Trinajstić information content (AvgIpc) is 3.50. The Kier molecular flexibility index (Phi) is 15.8. The summed E-state index contributed by atoms with van der Waals surface area (Å²) in [7, 11) is 0. The molecule has 1 saturated heterocycles. The van der Waals surface area contributed by atoms with Gasteiger partial charge in [0.05, 0.1) is 12.6 Å². The van der Waals surface area contributed by atoms with Gasteiger partial charge < -0.3 is 42.8 Å². The molecule has 0 saturated carbocycles. The maximum atomic E-state index is 13.9. The Morgan fingerprint density at radius 2 is 1.38 bits per heavy atom. The smallest absolute Gasteiger partial charge is 0.328 e. The Morgan fingerprint density at radius 1 is 0.820 bits per heavy atom. The van der Waals surface area contributed by atoms with Crippen LogP contribution in [0, 0.1) is 5.92 Å². The first-order valence-electron chi connectivity index (χ1n) is 17.6. The molecule has 0 spiro atoms. The summed E-state index contributed by atoms with van der Waals surface area (Å²) in [6, 6.07) is 14.7. The Labute approximate surface area is 295 Å². The molecule has 0 bridgehead atoms. The highest BCUT2D eigenvalue weighted by Crippen LogP contribution is 2.22. The van der Waals surface area contributed by atoms with Crippen molar-refractivity contribution in [3.8, 4) is 0 Å². The highest BCUT2D eigenvalue weighted by Gasteiger charge is 2.45. The largest absolute Gasteiger partial charge is 0.465 e. The molecule has 13 heteroatoms. The van der Waals surface area contributed by atoms with Crippen molar-refractivity contribution in [3.63, 3.8) is 0 Å². The van der Waals surface area contributed by atoms with Crippen LogP contribution in [0.2, 0.25) is 0 Å². The zero-order chi connectivity index (χ0) is 36.7. The number of esters is 1. The van der Waals surface area contributed by atoms with E-state index in [2.05, 4.69) is 16.0 Å². The van der Waals surface area contributed by atoms with Gasteiger partial charge in [0.1, 0.15) is 23.7 Å². The molecule has 1 aliphatic rings. The third-order valence-corrected chi connectivity index (χ3v) is 8.75. The maximum Gasteiger partial charge on any atom is 0.328 e. The van der Waals surface area contributed by atoms with Crippen molar-refractivity contribution in [2.75, 3.05) is 26.2 Å². The molecule has 5 atom stereocenters. The van der Waals surface area contributed by atoms with E-state index >= 15 is 0 Å². The van der Waals surface area contributed by atoms with E-state index in [1.54, 1.807) is 6.92 Å². The van der Waals surface area contributed by atoms with E-state index in [0.29, 0.717) is 25.8 Å². The normalized spacial score (nSPS) is 18.1. The summed E-state index contributed by atoms with van der Waals surface area (Å²) in [4.78, 5) is 68.8. The van der Waals surface area contributed by atoms with Gasteiger partial charge in [-0.05, 0) is 69.0 Å². The predicted molar refractivity (Wildman–Crippen MR) is 191 cm³/mol. The fourth-order valence-corrected chi connectivity index (χ4v) is 5.98. The third kappa shape index (κ3) is 12.2. The monoisotopic (exact) mass is 693 g/mol. The summed E-state index contributed by atoms with van der Waals surface area (Å²) < 4.78 is 5.13. The molecule has 0 aliphatic carbocycles. The zero-order valence-corrected chi connectivity index (χ0v) is 29.6. The number of unbranched alkanes of at least 4 members (excludes halogenated alkanes) is 1. The molecule has 4 amide bonds. The van der Waals surface area contributed by atoms with Gasteiger partial charge in [0.15, 0.2) is 0 Å². The Hall–Kier alpha value is -4.33. The second kappa shape index (κ2) is 19.8. The molecule has 9 N–H and O–H groups in total. The van der Waals surface area contributed by atoms with Gasteiger partial charge in [-0.1, -0.05) is 74.5 Å². The fraction of sp³-hybridized carbons (Fsp3) is 0.541. The Morgan fingerprint density at radius 3 is 1.96 bits per heavy atom. The number of nitrogens with zero attached hydrogens (tertiary/aromatic N) is 1. The van der Waals surface area contributed by atoms with Crippen molar-refractivity contribution in [3.05, 3.63) is 71.8 Å². The first-order valence-corrected chi connectivity index (χ1v) is 17.6. The Balaban J connectivity index is 1.78. The van der Waals surface area contributed by atoms with Crippen LogP contribution in [0.5, 0.6) is 0 Å². The van der Waals surface area contributed by atoms with E-state index in [1.165, 1.54) is 4.90 Å². The highest BCUT2D eigenvalue weighted by atomic mass is 16.5. The van der Waals surface area contributed by atoms with Crippen molar-refractivity contribution in [1.29, 1.82) is 0 Å². The fourth-order valence-electron chi connectivity index (χ4n) is 5.98. The Bertz CT molecular complexity index is 1410. The second-order valence-corrected chi connectivity index (χ2v) is 13.5. The summed E-state index contributed by atoms with van der Waals surface area (Å²) in [5.74, 6) is -2.53. The van der Waals surface area contributed by atoms with E-state index in [1.807, 2.05) is 74.5 Å². The minimum absolute atomic E-state index is 0.0000764. The van der Waals surface area contributed by atoms with E-state index in [-0.39, 0.29) is 57.2 Å². The number of hydrogen-bond donors (Lipinski definition) is 6. The minimum Gasteiger partial charge on any atom is -0.465 e. The zero-order valence-electron chi connectivity index (χ0n) is 29.6. The number of carbonyl (C=O) groups excluding carboxylic acids is 5. The van der Waals surface area contributed by atoms with Crippen LogP contribution in [-0.4, -0.2) is 90.4 Å². The quantitative estimate of drug-likeness (QED) is 0.0911. The highest BCUT2D eigenvalue weighted by molar-refractivity contribution is 5.95. The SMILES string of the molecule is CCOC(=O)C1(N)CCN(C(=O)[C@@H](CCCCN)NC(=O)[C@@H](CC(C)C)NC(=O)[C@@H](Cc2ccccc2)NC(=O)[C@H](N)Cc2ccccc2)C1. The number of rotatable bonds is 19. The minimum atomic E-state index is -1.33. The molecule has 1 aliphatic heterocycles. The van der Waals surface area contributed by atoms with Crippen molar-refractivity contribution < 1.29 is 28.7 Å². The number of likely N-dealkylation sites (tertiary alicyclic amines) is 1. The number of hydrogen-bond acceptors (Lipinski definition) is 9.